The van der Waals surface area contributed by atoms with Crippen molar-refractivity contribution in [3.8, 4) is 0 Å². The van der Waals surface area contributed by atoms with Crippen molar-refractivity contribution in [2.45, 2.75) is 13.0 Å². The van der Waals surface area contributed by atoms with Crippen LogP contribution in [0.25, 0.3) is 0 Å². The quantitative estimate of drug-likeness (QED) is 0.697. The van der Waals surface area contributed by atoms with Crippen molar-refractivity contribution in [2.24, 2.45) is 0 Å². The number of rotatable bonds is 5. The van der Waals surface area contributed by atoms with E-state index in [0.29, 0.717) is 5.69 Å². The zero-order valence-electron chi connectivity index (χ0n) is 15.5. The van der Waals surface area contributed by atoms with Crippen molar-refractivity contribution in [1.29, 1.82) is 0 Å². The van der Waals surface area contributed by atoms with Gasteiger partial charge in [0.05, 0.1) is 24.0 Å². The van der Waals surface area contributed by atoms with E-state index in [9.17, 15) is 9.59 Å². The molecule has 28 heavy (non-hydrogen) atoms. The summed E-state index contributed by atoms with van der Waals surface area (Å²) in [6, 6.07) is 19.7. The second-order valence-corrected chi connectivity index (χ2v) is 7.76. The molecular formula is C22H21N3O2S. The third-order valence-corrected chi connectivity index (χ3v) is 5.70. The van der Waals surface area contributed by atoms with Crippen molar-refractivity contribution in [3.63, 3.8) is 0 Å². The lowest BCUT2D eigenvalue weighted by atomic mass is 10.0. The number of amides is 2. The van der Waals surface area contributed by atoms with E-state index in [4.69, 9.17) is 0 Å². The third kappa shape index (κ3) is 3.83. The van der Waals surface area contributed by atoms with Crippen LogP contribution in [0.2, 0.25) is 0 Å². The molecule has 142 valence electrons. The number of aryl methyl sites for hydroxylation is 1. The highest BCUT2D eigenvalue weighted by Crippen LogP contribution is 2.29. The average molecular weight is 391 g/mol. The first-order valence-electron chi connectivity index (χ1n) is 9.14. The Labute approximate surface area is 168 Å². The molecule has 2 N–H and O–H groups in total. The van der Waals surface area contributed by atoms with Crippen LogP contribution < -0.4 is 15.5 Å². The van der Waals surface area contributed by atoms with Gasteiger partial charge >= 0.3 is 0 Å². The van der Waals surface area contributed by atoms with Crippen LogP contribution in [-0.4, -0.2) is 24.9 Å². The number of nitrogens with one attached hydrogen (secondary N) is 2. The van der Waals surface area contributed by atoms with Crippen molar-refractivity contribution in [1.82, 2.24) is 5.32 Å². The van der Waals surface area contributed by atoms with Crippen LogP contribution in [0.1, 0.15) is 22.0 Å². The van der Waals surface area contributed by atoms with Gasteiger partial charge in [0.2, 0.25) is 11.8 Å². The standard InChI is InChI=1S/C22H21N3O2S/c1-15-8-10-16(11-9-15)22(19-7-4-12-28-19)23-13-21(27)25-14-20(26)24-17-5-2-3-6-18(17)25/h2-12,22-23H,13-14H2,1H3,(H,24,26)/t22-/m1/s1. The fraction of sp³-hybridized carbons (Fsp3) is 0.182. The van der Waals surface area contributed by atoms with Crippen LogP contribution in [0.4, 0.5) is 11.4 Å². The zero-order chi connectivity index (χ0) is 19.5. The van der Waals surface area contributed by atoms with Crippen molar-refractivity contribution >= 4 is 34.5 Å². The summed E-state index contributed by atoms with van der Waals surface area (Å²) < 4.78 is 0. The van der Waals surface area contributed by atoms with Crippen LogP contribution in [0.3, 0.4) is 0 Å². The Kier molecular flexibility index (Phi) is 5.23. The van der Waals surface area contributed by atoms with Gasteiger partial charge in [-0.25, -0.2) is 0 Å². The van der Waals surface area contributed by atoms with Crippen LogP contribution in [0.15, 0.2) is 66.0 Å². The summed E-state index contributed by atoms with van der Waals surface area (Å²) in [7, 11) is 0. The van der Waals surface area contributed by atoms with E-state index in [-0.39, 0.29) is 30.9 Å². The molecule has 1 aliphatic rings. The fourth-order valence-electron chi connectivity index (χ4n) is 3.34. The maximum Gasteiger partial charge on any atom is 0.244 e. The average Bonchev–Trinajstić information content (AvgIpc) is 3.23. The summed E-state index contributed by atoms with van der Waals surface area (Å²) in [4.78, 5) is 27.6. The number of para-hydroxylation sites is 2. The number of hydrogen-bond acceptors (Lipinski definition) is 4. The van der Waals surface area contributed by atoms with Gasteiger partial charge < -0.3 is 5.32 Å². The number of fused-ring (bicyclic) bond motifs is 1. The molecule has 0 bridgehead atoms. The molecule has 0 spiro atoms. The summed E-state index contributed by atoms with van der Waals surface area (Å²) in [5.74, 6) is -0.309. The Balaban J connectivity index is 1.54. The molecule has 2 aromatic carbocycles. The normalized spacial score (nSPS) is 14.3. The van der Waals surface area contributed by atoms with Crippen molar-refractivity contribution in [3.05, 3.63) is 82.0 Å². The van der Waals surface area contributed by atoms with Crippen LogP contribution in [0, 0.1) is 6.92 Å². The SMILES string of the molecule is Cc1ccc([C@@H](NCC(=O)N2CC(=O)Nc3ccccc32)c2cccs2)cc1. The molecule has 0 saturated carbocycles. The molecule has 5 nitrogen and oxygen atoms in total. The zero-order valence-corrected chi connectivity index (χ0v) is 16.3. The van der Waals surface area contributed by atoms with E-state index in [2.05, 4.69) is 47.9 Å². The topological polar surface area (TPSA) is 61.4 Å². The molecular weight excluding hydrogens is 370 g/mol. The minimum Gasteiger partial charge on any atom is -0.323 e. The molecule has 4 rings (SSSR count). The van der Waals surface area contributed by atoms with E-state index < -0.39 is 0 Å². The highest BCUT2D eigenvalue weighted by atomic mass is 32.1. The van der Waals surface area contributed by atoms with Gasteiger partial charge in [0.1, 0.15) is 6.54 Å². The molecule has 3 aromatic rings. The van der Waals surface area contributed by atoms with E-state index in [1.54, 1.807) is 22.3 Å². The Morgan fingerprint density at radius 2 is 1.93 bits per heavy atom. The van der Waals surface area contributed by atoms with E-state index in [0.717, 1.165) is 16.1 Å². The number of anilines is 2. The van der Waals surface area contributed by atoms with Crippen LogP contribution in [0.5, 0.6) is 0 Å². The molecule has 0 aliphatic carbocycles. The molecule has 1 aliphatic heterocycles. The number of carbonyl (C=O) groups excluding carboxylic acids is 2. The molecule has 1 atom stereocenters. The van der Waals surface area contributed by atoms with E-state index >= 15 is 0 Å². The summed E-state index contributed by atoms with van der Waals surface area (Å²) >= 11 is 1.65. The second kappa shape index (κ2) is 7.96. The van der Waals surface area contributed by atoms with Crippen molar-refractivity contribution in [2.75, 3.05) is 23.3 Å². The Bertz CT molecular complexity index is 983. The predicted molar refractivity (Wildman–Crippen MR) is 113 cm³/mol. The number of hydrogen-bond donors (Lipinski definition) is 2. The lowest BCUT2D eigenvalue weighted by Crippen LogP contribution is -2.46. The van der Waals surface area contributed by atoms with Gasteiger partial charge in [0.15, 0.2) is 0 Å². The van der Waals surface area contributed by atoms with E-state index in [1.165, 1.54) is 5.56 Å². The highest BCUT2D eigenvalue weighted by Gasteiger charge is 2.27. The van der Waals surface area contributed by atoms with Gasteiger partial charge in [-0.2, -0.15) is 0 Å². The minimum atomic E-state index is -0.180. The minimum absolute atomic E-state index is 0.0335. The Hall–Kier alpha value is -2.96. The molecule has 2 amide bonds. The molecule has 1 aromatic heterocycles. The van der Waals surface area contributed by atoms with E-state index in [1.807, 2.05) is 29.6 Å². The van der Waals surface area contributed by atoms with Crippen molar-refractivity contribution < 1.29 is 9.59 Å². The van der Waals surface area contributed by atoms with Crippen LogP contribution >= 0.6 is 11.3 Å². The molecule has 6 heteroatoms. The first kappa shape index (κ1) is 18.4. The molecule has 0 saturated heterocycles. The number of carbonyl (C=O) groups is 2. The van der Waals surface area contributed by atoms with Gasteiger partial charge in [0, 0.05) is 4.88 Å². The van der Waals surface area contributed by atoms with Gasteiger partial charge in [0.25, 0.3) is 0 Å². The van der Waals surface area contributed by atoms with Gasteiger partial charge in [-0.1, -0.05) is 48.0 Å². The number of benzene rings is 2. The summed E-state index contributed by atoms with van der Waals surface area (Å²) in [5, 5.41) is 8.23. The number of thiophene rings is 1. The highest BCUT2D eigenvalue weighted by molar-refractivity contribution is 7.10. The van der Waals surface area contributed by atoms with Crippen LogP contribution in [-0.2, 0) is 9.59 Å². The second-order valence-electron chi connectivity index (χ2n) is 6.79. The molecule has 0 fully saturated rings. The maximum atomic E-state index is 13.0. The lowest BCUT2D eigenvalue weighted by molar-refractivity contribution is -0.121. The largest absolute Gasteiger partial charge is 0.323 e. The third-order valence-electron chi connectivity index (χ3n) is 4.77. The maximum absolute atomic E-state index is 13.0. The van der Waals surface area contributed by atoms with Gasteiger partial charge in [-0.3, -0.25) is 19.8 Å². The Morgan fingerprint density at radius 3 is 2.68 bits per heavy atom. The lowest BCUT2D eigenvalue weighted by Gasteiger charge is -2.30. The summed E-state index contributed by atoms with van der Waals surface area (Å²) in [5.41, 5.74) is 3.70. The molecule has 2 heterocycles. The predicted octanol–water partition coefficient (Wildman–Crippen LogP) is 3.72. The smallest absolute Gasteiger partial charge is 0.244 e. The first-order chi connectivity index (χ1) is 13.6. The molecule has 0 radical (unpaired) electrons. The number of nitrogens with zero attached hydrogens (tertiary/aromatic N) is 1. The fourth-order valence-corrected chi connectivity index (χ4v) is 4.16. The van der Waals surface area contributed by atoms with Gasteiger partial charge in [-0.05, 0) is 36.1 Å². The summed E-state index contributed by atoms with van der Waals surface area (Å²) in [6.07, 6.45) is 0. The first-order valence-corrected chi connectivity index (χ1v) is 10.0. The molecule has 0 unspecified atom stereocenters. The Morgan fingerprint density at radius 1 is 1.14 bits per heavy atom. The monoisotopic (exact) mass is 391 g/mol. The van der Waals surface area contributed by atoms with Gasteiger partial charge in [-0.15, -0.1) is 11.3 Å². The summed E-state index contributed by atoms with van der Waals surface area (Å²) in [6.45, 7) is 2.23.